The Morgan fingerprint density at radius 2 is 2.07 bits per heavy atom. The number of nitrogens with zero attached hydrogens (tertiary/aromatic N) is 1. The van der Waals surface area contributed by atoms with Crippen LogP contribution in [0.1, 0.15) is 22.0 Å². The van der Waals surface area contributed by atoms with E-state index in [9.17, 15) is 0 Å². The van der Waals surface area contributed by atoms with Crippen LogP contribution in [0.15, 0.2) is 36.0 Å². The van der Waals surface area contributed by atoms with Gasteiger partial charge < -0.3 is 5.73 Å². The highest BCUT2D eigenvalue weighted by Gasteiger charge is 2.07. The monoisotopic (exact) mass is 218 g/mol. The lowest BCUT2D eigenvalue weighted by Crippen LogP contribution is -2.12. The fourth-order valence-corrected chi connectivity index (χ4v) is 2.15. The molecule has 2 nitrogen and oxygen atoms in total. The number of aryl methyl sites for hydroxylation is 1. The molecule has 0 aliphatic carbocycles. The summed E-state index contributed by atoms with van der Waals surface area (Å²) >= 11 is 1.66. The van der Waals surface area contributed by atoms with Gasteiger partial charge in [-0.3, -0.25) is 4.98 Å². The summed E-state index contributed by atoms with van der Waals surface area (Å²) in [5.74, 6) is 0. The van der Waals surface area contributed by atoms with E-state index in [1.54, 1.807) is 11.3 Å². The Bertz CT molecular complexity index is 406. The van der Waals surface area contributed by atoms with Gasteiger partial charge in [0.1, 0.15) is 0 Å². The number of nitrogens with two attached hydrogens (primary N) is 1. The van der Waals surface area contributed by atoms with Crippen LogP contribution in [0.5, 0.6) is 0 Å². The molecule has 3 heteroatoms. The number of hydrogen-bond acceptors (Lipinski definition) is 3. The Balaban J connectivity index is 2.08. The Kier molecular flexibility index (Phi) is 3.14. The van der Waals surface area contributed by atoms with Crippen LogP contribution in [0.4, 0.5) is 0 Å². The molecule has 2 aromatic rings. The smallest absolute Gasteiger partial charge is 0.0794 e. The van der Waals surface area contributed by atoms with Crippen molar-refractivity contribution in [3.63, 3.8) is 0 Å². The van der Waals surface area contributed by atoms with Gasteiger partial charge in [-0.1, -0.05) is 29.8 Å². The van der Waals surface area contributed by atoms with Crippen molar-refractivity contribution in [2.75, 3.05) is 0 Å². The minimum absolute atomic E-state index is 0.0750. The quantitative estimate of drug-likeness (QED) is 0.860. The summed E-state index contributed by atoms with van der Waals surface area (Å²) in [4.78, 5) is 5.28. The molecule has 0 aliphatic heterocycles. The van der Waals surface area contributed by atoms with E-state index in [2.05, 4.69) is 36.2 Å². The summed E-state index contributed by atoms with van der Waals surface area (Å²) in [5, 5.41) is 0. The summed E-state index contributed by atoms with van der Waals surface area (Å²) in [5.41, 5.74) is 10.4. The molecule has 1 aromatic heterocycles. The fourth-order valence-electron chi connectivity index (χ4n) is 1.49. The molecule has 0 amide bonds. The molecule has 2 N–H and O–H groups in total. The molecule has 1 unspecified atom stereocenters. The summed E-state index contributed by atoms with van der Waals surface area (Å²) < 4.78 is 0. The first-order chi connectivity index (χ1) is 7.25. The van der Waals surface area contributed by atoms with Gasteiger partial charge in [0, 0.05) is 23.5 Å². The van der Waals surface area contributed by atoms with Crippen LogP contribution >= 0.6 is 11.3 Å². The first-order valence-corrected chi connectivity index (χ1v) is 5.83. The van der Waals surface area contributed by atoms with Gasteiger partial charge in [-0.25, -0.2) is 0 Å². The van der Waals surface area contributed by atoms with E-state index in [-0.39, 0.29) is 6.04 Å². The second-order valence-corrected chi connectivity index (χ2v) is 4.66. The fraction of sp³-hybridized carbons (Fsp3) is 0.250. The van der Waals surface area contributed by atoms with Gasteiger partial charge in [0.15, 0.2) is 0 Å². The molecule has 0 radical (unpaired) electrons. The van der Waals surface area contributed by atoms with Crippen LogP contribution < -0.4 is 5.73 Å². The van der Waals surface area contributed by atoms with Crippen LogP contribution in [0, 0.1) is 6.92 Å². The summed E-state index contributed by atoms with van der Waals surface area (Å²) in [7, 11) is 0. The van der Waals surface area contributed by atoms with Gasteiger partial charge in [0.25, 0.3) is 0 Å². The van der Waals surface area contributed by atoms with Crippen molar-refractivity contribution in [3.05, 3.63) is 52.0 Å². The molecule has 0 bridgehead atoms. The normalized spacial score (nSPS) is 12.7. The van der Waals surface area contributed by atoms with E-state index in [1.807, 2.05) is 11.7 Å². The molecule has 1 atom stereocenters. The Morgan fingerprint density at radius 3 is 2.67 bits per heavy atom. The van der Waals surface area contributed by atoms with Crippen LogP contribution in [0.25, 0.3) is 0 Å². The molecule has 1 heterocycles. The Hall–Kier alpha value is -1.19. The van der Waals surface area contributed by atoms with Crippen molar-refractivity contribution in [1.82, 2.24) is 4.98 Å². The molecule has 1 aromatic carbocycles. The van der Waals surface area contributed by atoms with Gasteiger partial charge in [-0.05, 0) is 12.5 Å². The lowest BCUT2D eigenvalue weighted by atomic mass is 10.0. The summed E-state index contributed by atoms with van der Waals surface area (Å²) in [6.07, 6.45) is 2.76. The number of benzene rings is 1. The third kappa shape index (κ3) is 2.64. The molecule has 0 saturated heterocycles. The summed E-state index contributed by atoms with van der Waals surface area (Å²) in [6, 6.07) is 8.47. The molecule has 2 rings (SSSR count). The molecule has 0 fully saturated rings. The lowest BCUT2D eigenvalue weighted by Gasteiger charge is -2.10. The SMILES string of the molecule is Cc1ccc(C(N)Cc2cncs2)cc1. The minimum atomic E-state index is 0.0750. The zero-order chi connectivity index (χ0) is 10.7. The van der Waals surface area contributed by atoms with E-state index in [4.69, 9.17) is 5.73 Å². The van der Waals surface area contributed by atoms with Gasteiger partial charge in [0.05, 0.1) is 5.51 Å². The molecule has 0 saturated carbocycles. The minimum Gasteiger partial charge on any atom is -0.324 e. The van der Waals surface area contributed by atoms with Crippen molar-refractivity contribution in [2.24, 2.45) is 5.73 Å². The molecular formula is C12H14N2S. The zero-order valence-corrected chi connectivity index (χ0v) is 9.50. The Morgan fingerprint density at radius 1 is 1.33 bits per heavy atom. The average Bonchev–Trinajstić information content (AvgIpc) is 2.71. The number of hydrogen-bond donors (Lipinski definition) is 1. The van der Waals surface area contributed by atoms with Crippen molar-refractivity contribution in [3.8, 4) is 0 Å². The standard InChI is InChI=1S/C12H14N2S/c1-9-2-4-10(5-3-9)12(13)6-11-7-14-8-15-11/h2-5,7-8,12H,6,13H2,1H3. The highest BCUT2D eigenvalue weighted by atomic mass is 32.1. The van der Waals surface area contributed by atoms with Crippen LogP contribution in [0.2, 0.25) is 0 Å². The topological polar surface area (TPSA) is 38.9 Å². The van der Waals surface area contributed by atoms with Gasteiger partial charge in [0.2, 0.25) is 0 Å². The van der Waals surface area contributed by atoms with E-state index in [0.717, 1.165) is 6.42 Å². The van der Waals surface area contributed by atoms with Crippen molar-refractivity contribution in [1.29, 1.82) is 0 Å². The highest BCUT2D eigenvalue weighted by molar-refractivity contribution is 7.09. The number of aromatic nitrogens is 1. The van der Waals surface area contributed by atoms with E-state index >= 15 is 0 Å². The third-order valence-electron chi connectivity index (χ3n) is 2.41. The third-order valence-corrected chi connectivity index (χ3v) is 3.21. The van der Waals surface area contributed by atoms with E-state index < -0.39 is 0 Å². The first kappa shape index (κ1) is 10.3. The van der Waals surface area contributed by atoms with E-state index in [0.29, 0.717) is 0 Å². The Labute approximate surface area is 93.8 Å². The maximum Gasteiger partial charge on any atom is 0.0794 e. The molecular weight excluding hydrogens is 204 g/mol. The van der Waals surface area contributed by atoms with Gasteiger partial charge >= 0.3 is 0 Å². The average molecular weight is 218 g/mol. The van der Waals surface area contributed by atoms with Gasteiger partial charge in [-0.2, -0.15) is 0 Å². The zero-order valence-electron chi connectivity index (χ0n) is 8.68. The lowest BCUT2D eigenvalue weighted by molar-refractivity contribution is 0.729. The van der Waals surface area contributed by atoms with Crippen molar-refractivity contribution >= 4 is 11.3 Å². The molecule has 15 heavy (non-hydrogen) atoms. The number of rotatable bonds is 3. The predicted octanol–water partition coefficient (Wildman–Crippen LogP) is 2.69. The van der Waals surface area contributed by atoms with Crippen LogP contribution in [-0.4, -0.2) is 4.98 Å². The van der Waals surface area contributed by atoms with Crippen LogP contribution in [0.3, 0.4) is 0 Å². The molecule has 78 valence electrons. The van der Waals surface area contributed by atoms with Crippen LogP contribution in [-0.2, 0) is 6.42 Å². The summed E-state index contributed by atoms with van der Waals surface area (Å²) in [6.45, 7) is 2.08. The highest BCUT2D eigenvalue weighted by Crippen LogP contribution is 2.18. The largest absolute Gasteiger partial charge is 0.324 e. The number of thiazole rings is 1. The molecule has 0 spiro atoms. The predicted molar refractivity (Wildman–Crippen MR) is 63.9 cm³/mol. The van der Waals surface area contributed by atoms with Gasteiger partial charge in [-0.15, -0.1) is 11.3 Å². The maximum absolute atomic E-state index is 6.12. The second kappa shape index (κ2) is 4.55. The van der Waals surface area contributed by atoms with Crippen molar-refractivity contribution in [2.45, 2.75) is 19.4 Å². The van der Waals surface area contributed by atoms with E-state index in [1.165, 1.54) is 16.0 Å². The first-order valence-electron chi connectivity index (χ1n) is 4.95. The maximum atomic E-state index is 6.12. The molecule has 0 aliphatic rings. The van der Waals surface area contributed by atoms with Crippen molar-refractivity contribution < 1.29 is 0 Å². The second-order valence-electron chi connectivity index (χ2n) is 3.69.